The maximum Gasteiger partial charge on any atom is 0.254 e. The van der Waals surface area contributed by atoms with Gasteiger partial charge in [-0.3, -0.25) is 4.79 Å². The van der Waals surface area contributed by atoms with Gasteiger partial charge in [0.25, 0.3) is 5.91 Å². The Balaban J connectivity index is 2.33. The number of aromatic nitrogens is 1. The molecule has 0 saturated carbocycles. The molecule has 0 radical (unpaired) electrons. The first kappa shape index (κ1) is 9.83. The van der Waals surface area contributed by atoms with Crippen LogP contribution in [0.1, 0.15) is 15.9 Å². The highest BCUT2D eigenvalue weighted by molar-refractivity contribution is 6.03. The Morgan fingerprint density at radius 1 is 1.53 bits per heavy atom. The highest BCUT2D eigenvalue weighted by Crippen LogP contribution is 2.31. The first-order valence-electron chi connectivity index (χ1n) is 4.98. The van der Waals surface area contributed by atoms with Crippen molar-refractivity contribution in [3.05, 3.63) is 35.3 Å². The van der Waals surface area contributed by atoms with Crippen molar-refractivity contribution in [3.8, 4) is 11.5 Å². The van der Waals surface area contributed by atoms with Crippen molar-refractivity contribution in [1.29, 1.82) is 0 Å². The predicted molar refractivity (Wildman–Crippen MR) is 57.5 cm³/mol. The van der Waals surface area contributed by atoms with E-state index in [1.165, 1.54) is 6.26 Å². The summed E-state index contributed by atoms with van der Waals surface area (Å²) >= 11 is 0. The minimum absolute atomic E-state index is 0.125. The van der Waals surface area contributed by atoms with E-state index < -0.39 is 5.82 Å². The molecule has 0 aromatic carbocycles. The standard InChI is InChI=1S/C11H8FN3O2/c12-8-5-4-14-11(16)7(5)9(15-10(8)13)6-2-1-3-17-6/h1-3H,4H2,(H2,13,15)(H,14,16). The zero-order valence-electron chi connectivity index (χ0n) is 8.66. The molecule has 0 spiro atoms. The van der Waals surface area contributed by atoms with Crippen LogP contribution in [0.25, 0.3) is 11.5 Å². The number of carbonyl (C=O) groups excluding carboxylic acids is 1. The molecule has 3 rings (SSSR count). The predicted octanol–water partition coefficient (Wildman–Crippen LogP) is 1.31. The van der Waals surface area contributed by atoms with E-state index in [0.717, 1.165) is 0 Å². The van der Waals surface area contributed by atoms with Crippen LogP contribution in [-0.2, 0) is 6.54 Å². The van der Waals surface area contributed by atoms with Crippen molar-refractivity contribution in [2.45, 2.75) is 6.54 Å². The van der Waals surface area contributed by atoms with Gasteiger partial charge >= 0.3 is 0 Å². The third kappa shape index (κ3) is 1.30. The molecular weight excluding hydrogens is 225 g/mol. The number of nitrogen functional groups attached to an aromatic ring is 1. The average molecular weight is 233 g/mol. The Kier molecular flexibility index (Phi) is 1.91. The molecule has 1 aliphatic rings. The molecule has 1 aliphatic heterocycles. The van der Waals surface area contributed by atoms with Crippen molar-refractivity contribution in [2.24, 2.45) is 0 Å². The molecule has 2 aromatic heterocycles. The summed E-state index contributed by atoms with van der Waals surface area (Å²) < 4.78 is 18.9. The number of nitrogens with zero attached hydrogens (tertiary/aromatic N) is 1. The van der Waals surface area contributed by atoms with Gasteiger partial charge in [-0.15, -0.1) is 0 Å². The summed E-state index contributed by atoms with van der Waals surface area (Å²) in [6, 6.07) is 3.31. The van der Waals surface area contributed by atoms with Gasteiger partial charge in [0.2, 0.25) is 0 Å². The topological polar surface area (TPSA) is 81.2 Å². The average Bonchev–Trinajstić information content (AvgIpc) is 2.93. The number of furan rings is 1. The van der Waals surface area contributed by atoms with E-state index in [2.05, 4.69) is 10.3 Å². The maximum atomic E-state index is 13.7. The van der Waals surface area contributed by atoms with E-state index in [-0.39, 0.29) is 35.1 Å². The van der Waals surface area contributed by atoms with Crippen LogP contribution in [0.3, 0.4) is 0 Å². The fourth-order valence-electron chi connectivity index (χ4n) is 1.89. The number of halogens is 1. The number of rotatable bonds is 1. The van der Waals surface area contributed by atoms with E-state index in [1.54, 1.807) is 12.1 Å². The smallest absolute Gasteiger partial charge is 0.254 e. The van der Waals surface area contributed by atoms with Gasteiger partial charge in [-0.25, -0.2) is 9.37 Å². The molecule has 6 heteroatoms. The van der Waals surface area contributed by atoms with Crippen molar-refractivity contribution < 1.29 is 13.6 Å². The number of amides is 1. The largest absolute Gasteiger partial charge is 0.463 e. The Morgan fingerprint density at radius 2 is 2.35 bits per heavy atom. The lowest BCUT2D eigenvalue weighted by molar-refractivity contribution is 0.0966. The van der Waals surface area contributed by atoms with Crippen LogP contribution in [0.5, 0.6) is 0 Å². The number of fused-ring (bicyclic) bond motifs is 1. The van der Waals surface area contributed by atoms with Gasteiger partial charge < -0.3 is 15.5 Å². The molecule has 0 fully saturated rings. The van der Waals surface area contributed by atoms with Crippen molar-refractivity contribution in [1.82, 2.24) is 10.3 Å². The fourth-order valence-corrected chi connectivity index (χ4v) is 1.89. The van der Waals surface area contributed by atoms with Crippen molar-refractivity contribution in [2.75, 3.05) is 5.73 Å². The second-order valence-corrected chi connectivity index (χ2v) is 3.67. The lowest BCUT2D eigenvalue weighted by Gasteiger charge is -2.06. The summed E-state index contributed by atoms with van der Waals surface area (Å²) in [7, 11) is 0. The highest BCUT2D eigenvalue weighted by atomic mass is 19.1. The van der Waals surface area contributed by atoms with Gasteiger partial charge in [-0.2, -0.15) is 0 Å². The first-order chi connectivity index (χ1) is 8.18. The van der Waals surface area contributed by atoms with Gasteiger partial charge in [-0.05, 0) is 12.1 Å². The Bertz CT molecular complexity index is 608. The van der Waals surface area contributed by atoms with E-state index in [9.17, 15) is 9.18 Å². The lowest BCUT2D eigenvalue weighted by atomic mass is 10.1. The zero-order chi connectivity index (χ0) is 12.0. The zero-order valence-corrected chi connectivity index (χ0v) is 8.66. The monoisotopic (exact) mass is 233 g/mol. The van der Waals surface area contributed by atoms with Gasteiger partial charge in [0, 0.05) is 12.1 Å². The van der Waals surface area contributed by atoms with Crippen LogP contribution in [0, 0.1) is 5.82 Å². The minimum atomic E-state index is -0.645. The number of nitrogens with two attached hydrogens (primary N) is 1. The molecule has 0 bridgehead atoms. The normalized spacial score (nSPS) is 13.6. The third-order valence-corrected chi connectivity index (χ3v) is 2.67. The van der Waals surface area contributed by atoms with Crippen molar-refractivity contribution >= 4 is 11.7 Å². The SMILES string of the molecule is Nc1nc(-c2ccco2)c2c(c1F)CNC2=O. The third-order valence-electron chi connectivity index (χ3n) is 2.67. The molecule has 1 amide bonds. The fraction of sp³-hybridized carbons (Fsp3) is 0.0909. The van der Waals surface area contributed by atoms with E-state index in [1.807, 2.05) is 0 Å². The van der Waals surface area contributed by atoms with Crippen molar-refractivity contribution in [3.63, 3.8) is 0 Å². The summed E-state index contributed by atoms with van der Waals surface area (Å²) in [4.78, 5) is 15.5. The van der Waals surface area contributed by atoms with Crippen LogP contribution in [-0.4, -0.2) is 10.9 Å². The molecule has 0 unspecified atom stereocenters. The number of hydrogen-bond donors (Lipinski definition) is 2. The molecule has 0 aliphatic carbocycles. The molecule has 5 nitrogen and oxygen atoms in total. The van der Waals surface area contributed by atoms with Gasteiger partial charge in [0.1, 0.15) is 5.69 Å². The summed E-state index contributed by atoms with van der Waals surface area (Å²) in [6.45, 7) is 0.125. The van der Waals surface area contributed by atoms with Gasteiger partial charge in [0.15, 0.2) is 17.4 Å². The molecule has 0 atom stereocenters. The highest BCUT2D eigenvalue weighted by Gasteiger charge is 2.30. The van der Waals surface area contributed by atoms with Crippen LogP contribution in [0.4, 0.5) is 10.2 Å². The molecule has 17 heavy (non-hydrogen) atoms. The second kappa shape index (κ2) is 3.31. The summed E-state index contributed by atoms with van der Waals surface area (Å²) in [5.74, 6) is -0.844. The Morgan fingerprint density at radius 3 is 3.06 bits per heavy atom. The molecule has 3 N–H and O–H groups in total. The molecule has 0 saturated heterocycles. The number of anilines is 1. The van der Waals surface area contributed by atoms with E-state index in [0.29, 0.717) is 5.76 Å². The summed E-state index contributed by atoms with van der Waals surface area (Å²) in [5, 5.41) is 2.54. The molecular formula is C11H8FN3O2. The van der Waals surface area contributed by atoms with E-state index >= 15 is 0 Å². The first-order valence-corrected chi connectivity index (χ1v) is 4.98. The number of hydrogen-bond acceptors (Lipinski definition) is 4. The molecule has 3 heterocycles. The molecule has 2 aromatic rings. The Labute approximate surface area is 95.4 Å². The van der Waals surface area contributed by atoms with Gasteiger partial charge in [0.05, 0.1) is 11.8 Å². The quantitative estimate of drug-likeness (QED) is 0.778. The minimum Gasteiger partial charge on any atom is -0.463 e. The maximum absolute atomic E-state index is 13.7. The summed E-state index contributed by atoms with van der Waals surface area (Å²) in [5.41, 5.74) is 6.20. The van der Waals surface area contributed by atoms with Gasteiger partial charge in [-0.1, -0.05) is 0 Å². The van der Waals surface area contributed by atoms with Crippen LogP contribution in [0.2, 0.25) is 0 Å². The number of carbonyl (C=O) groups is 1. The summed E-state index contributed by atoms with van der Waals surface area (Å²) in [6.07, 6.45) is 1.45. The Hall–Kier alpha value is -2.37. The second-order valence-electron chi connectivity index (χ2n) is 3.67. The lowest BCUT2D eigenvalue weighted by Crippen LogP contribution is -2.13. The van der Waals surface area contributed by atoms with E-state index in [4.69, 9.17) is 10.2 Å². The molecule has 86 valence electrons. The van der Waals surface area contributed by atoms with Crippen LogP contribution < -0.4 is 11.1 Å². The number of pyridine rings is 1. The van der Waals surface area contributed by atoms with Crippen LogP contribution >= 0.6 is 0 Å². The number of nitrogens with one attached hydrogen (secondary N) is 1. The van der Waals surface area contributed by atoms with Crippen LogP contribution in [0.15, 0.2) is 22.8 Å².